The number of hydrogen-bond donors (Lipinski definition) is 4. The summed E-state index contributed by atoms with van der Waals surface area (Å²) in [6.07, 6.45) is 6.07. The van der Waals surface area contributed by atoms with Gasteiger partial charge in [-0.05, 0) is 56.9 Å². The van der Waals surface area contributed by atoms with Crippen LogP contribution in [0.1, 0.15) is 84.6 Å². The predicted octanol–water partition coefficient (Wildman–Crippen LogP) is 3.75. The fourth-order valence-electron chi connectivity index (χ4n) is 5.11. The van der Waals surface area contributed by atoms with Crippen LogP contribution in [-0.2, 0) is 20.7 Å². The third-order valence-corrected chi connectivity index (χ3v) is 7.14. The van der Waals surface area contributed by atoms with Crippen LogP contribution in [-0.4, -0.2) is 59.0 Å². The van der Waals surface area contributed by atoms with Gasteiger partial charge in [-0.25, -0.2) is 0 Å². The Morgan fingerprint density at radius 1 is 1.06 bits per heavy atom. The SMILES string of the molecule is CCOC(=O)C(CCc1ccccc1)N[C@@H](C)C(=O)N[C@@H](CC1CCCCC1)[C@@H](O)[C@@H](O)CC(C)C. The number of carbonyl (C=O) groups is 2. The van der Waals surface area contributed by atoms with Crippen LogP contribution in [0.15, 0.2) is 30.3 Å². The van der Waals surface area contributed by atoms with Gasteiger partial charge in [0.25, 0.3) is 0 Å². The summed E-state index contributed by atoms with van der Waals surface area (Å²) in [6.45, 7) is 7.76. The Morgan fingerprint density at radius 3 is 2.33 bits per heavy atom. The molecule has 1 unspecified atom stereocenters. The highest BCUT2D eigenvalue weighted by Gasteiger charge is 2.33. The molecular weight excluding hydrogens is 456 g/mol. The van der Waals surface area contributed by atoms with Crippen LogP contribution in [0.3, 0.4) is 0 Å². The molecule has 1 aliphatic rings. The number of rotatable bonds is 15. The fraction of sp³-hybridized carbons (Fsp3) is 0.724. The molecule has 1 amide bonds. The number of hydrogen-bond acceptors (Lipinski definition) is 6. The second kappa shape index (κ2) is 16.0. The van der Waals surface area contributed by atoms with Crippen molar-refractivity contribution >= 4 is 11.9 Å². The van der Waals surface area contributed by atoms with Crippen molar-refractivity contribution in [3.8, 4) is 0 Å². The van der Waals surface area contributed by atoms with Crippen LogP contribution in [0.4, 0.5) is 0 Å². The Labute approximate surface area is 217 Å². The lowest BCUT2D eigenvalue weighted by Gasteiger charge is -2.33. The molecule has 204 valence electrons. The highest BCUT2D eigenvalue weighted by molar-refractivity contribution is 5.83. The fourth-order valence-corrected chi connectivity index (χ4v) is 5.11. The number of nitrogens with one attached hydrogen (secondary N) is 2. The van der Waals surface area contributed by atoms with Gasteiger partial charge in [-0.2, -0.15) is 0 Å². The van der Waals surface area contributed by atoms with E-state index in [0.29, 0.717) is 31.6 Å². The number of ether oxygens (including phenoxy) is 1. The summed E-state index contributed by atoms with van der Waals surface area (Å²) in [6, 6.07) is 8.07. The Bertz CT molecular complexity index is 766. The lowest BCUT2D eigenvalue weighted by molar-refractivity contribution is -0.146. The first kappa shape index (κ1) is 30.3. The maximum atomic E-state index is 13.2. The number of carbonyl (C=O) groups excluding carboxylic acids is 2. The molecule has 0 aliphatic heterocycles. The van der Waals surface area contributed by atoms with Crippen molar-refractivity contribution in [2.45, 2.75) is 116 Å². The molecule has 1 fully saturated rings. The quantitative estimate of drug-likeness (QED) is 0.271. The normalized spacial score (nSPS) is 18.8. The zero-order valence-corrected chi connectivity index (χ0v) is 22.6. The van der Waals surface area contributed by atoms with E-state index in [1.807, 2.05) is 44.2 Å². The molecule has 7 heteroatoms. The highest BCUT2D eigenvalue weighted by Crippen LogP contribution is 2.29. The monoisotopic (exact) mass is 504 g/mol. The smallest absolute Gasteiger partial charge is 0.323 e. The summed E-state index contributed by atoms with van der Waals surface area (Å²) in [7, 11) is 0. The number of esters is 1. The second-order valence-corrected chi connectivity index (χ2v) is 10.8. The van der Waals surface area contributed by atoms with E-state index in [-0.39, 0.29) is 24.4 Å². The van der Waals surface area contributed by atoms with Gasteiger partial charge >= 0.3 is 5.97 Å². The molecule has 5 atom stereocenters. The van der Waals surface area contributed by atoms with Crippen LogP contribution in [0.25, 0.3) is 0 Å². The first-order chi connectivity index (χ1) is 17.2. The maximum absolute atomic E-state index is 13.2. The summed E-state index contributed by atoms with van der Waals surface area (Å²) in [5, 5.41) is 27.8. The minimum absolute atomic E-state index is 0.233. The summed E-state index contributed by atoms with van der Waals surface area (Å²) >= 11 is 0. The third-order valence-electron chi connectivity index (χ3n) is 7.14. The standard InChI is InChI=1S/C29H48N2O5/c1-5-36-29(35)24(17-16-22-12-8-6-9-13-22)30-21(4)28(34)31-25(19-23-14-10-7-11-15-23)27(33)26(32)18-20(2)3/h6,8-9,12-13,20-21,23-27,30,32-33H,5,7,10-11,14-19H2,1-4H3,(H,31,34)/t21-,24?,25-,26-,27+/m0/s1. The van der Waals surface area contributed by atoms with Crippen molar-refractivity contribution in [1.82, 2.24) is 10.6 Å². The maximum Gasteiger partial charge on any atom is 0.323 e. The van der Waals surface area contributed by atoms with Crippen molar-refractivity contribution in [2.24, 2.45) is 11.8 Å². The summed E-state index contributed by atoms with van der Waals surface area (Å²) in [4.78, 5) is 25.8. The van der Waals surface area contributed by atoms with Crippen LogP contribution in [0.5, 0.6) is 0 Å². The van der Waals surface area contributed by atoms with Crippen molar-refractivity contribution in [3.05, 3.63) is 35.9 Å². The van der Waals surface area contributed by atoms with Gasteiger partial charge in [-0.15, -0.1) is 0 Å². The van der Waals surface area contributed by atoms with Gasteiger partial charge in [0.2, 0.25) is 5.91 Å². The summed E-state index contributed by atoms with van der Waals surface area (Å²) in [5.41, 5.74) is 1.11. The van der Waals surface area contributed by atoms with E-state index in [1.54, 1.807) is 13.8 Å². The average Bonchev–Trinajstić information content (AvgIpc) is 2.86. The number of aryl methyl sites for hydroxylation is 1. The molecule has 0 bridgehead atoms. The molecule has 36 heavy (non-hydrogen) atoms. The van der Waals surface area contributed by atoms with Crippen LogP contribution in [0.2, 0.25) is 0 Å². The Hall–Kier alpha value is -1.96. The molecule has 1 aromatic carbocycles. The number of benzene rings is 1. The Balaban J connectivity index is 2.05. The van der Waals surface area contributed by atoms with Gasteiger partial charge < -0.3 is 20.3 Å². The zero-order valence-electron chi connectivity index (χ0n) is 22.6. The van der Waals surface area contributed by atoms with Crippen molar-refractivity contribution in [2.75, 3.05) is 6.61 Å². The molecule has 0 saturated heterocycles. The van der Waals surface area contributed by atoms with E-state index in [2.05, 4.69) is 10.6 Å². The molecule has 1 saturated carbocycles. The molecule has 7 nitrogen and oxygen atoms in total. The molecule has 4 N–H and O–H groups in total. The minimum Gasteiger partial charge on any atom is -0.465 e. The van der Waals surface area contributed by atoms with Gasteiger partial charge in [0.05, 0.1) is 24.8 Å². The Kier molecular flexibility index (Phi) is 13.5. The van der Waals surface area contributed by atoms with E-state index >= 15 is 0 Å². The first-order valence-corrected chi connectivity index (χ1v) is 13.8. The van der Waals surface area contributed by atoms with E-state index in [9.17, 15) is 19.8 Å². The lowest BCUT2D eigenvalue weighted by atomic mass is 9.82. The first-order valence-electron chi connectivity index (χ1n) is 13.8. The van der Waals surface area contributed by atoms with Gasteiger partial charge in [0, 0.05) is 0 Å². The number of amides is 1. The number of aliphatic hydroxyl groups excluding tert-OH is 2. The summed E-state index contributed by atoms with van der Waals surface area (Å²) in [5.74, 6) is -0.0116. The second-order valence-electron chi connectivity index (χ2n) is 10.8. The minimum atomic E-state index is -1.04. The molecule has 0 aromatic heterocycles. The van der Waals surface area contributed by atoms with Crippen molar-refractivity contribution in [1.29, 1.82) is 0 Å². The topological polar surface area (TPSA) is 108 Å². The molecule has 1 aliphatic carbocycles. The predicted molar refractivity (Wildman–Crippen MR) is 142 cm³/mol. The molecule has 2 rings (SSSR count). The van der Waals surface area contributed by atoms with E-state index in [4.69, 9.17) is 4.74 Å². The zero-order chi connectivity index (χ0) is 26.5. The van der Waals surface area contributed by atoms with Gasteiger partial charge in [-0.3, -0.25) is 14.9 Å². The lowest BCUT2D eigenvalue weighted by Crippen LogP contribution is -2.56. The molecule has 0 spiro atoms. The van der Waals surface area contributed by atoms with Crippen LogP contribution in [0, 0.1) is 11.8 Å². The summed E-state index contributed by atoms with van der Waals surface area (Å²) < 4.78 is 5.26. The van der Waals surface area contributed by atoms with Gasteiger partial charge in [0.1, 0.15) is 12.1 Å². The van der Waals surface area contributed by atoms with Crippen LogP contribution < -0.4 is 10.6 Å². The molecule has 1 aromatic rings. The molecule has 0 heterocycles. The average molecular weight is 505 g/mol. The van der Waals surface area contributed by atoms with Crippen LogP contribution >= 0.6 is 0 Å². The van der Waals surface area contributed by atoms with E-state index in [0.717, 1.165) is 31.2 Å². The largest absolute Gasteiger partial charge is 0.465 e. The van der Waals surface area contributed by atoms with E-state index < -0.39 is 30.3 Å². The van der Waals surface area contributed by atoms with Crippen molar-refractivity contribution < 1.29 is 24.5 Å². The van der Waals surface area contributed by atoms with Crippen molar-refractivity contribution in [3.63, 3.8) is 0 Å². The molecule has 0 radical (unpaired) electrons. The van der Waals surface area contributed by atoms with E-state index in [1.165, 1.54) is 6.42 Å². The van der Waals surface area contributed by atoms with Gasteiger partial charge in [-0.1, -0.05) is 76.3 Å². The number of aliphatic hydroxyl groups is 2. The Morgan fingerprint density at radius 2 is 1.72 bits per heavy atom. The third kappa shape index (κ3) is 10.6. The molecular formula is C29H48N2O5. The highest BCUT2D eigenvalue weighted by atomic mass is 16.5. The van der Waals surface area contributed by atoms with Gasteiger partial charge in [0.15, 0.2) is 0 Å².